The van der Waals surface area contributed by atoms with Gasteiger partial charge < -0.3 is 15.1 Å². The molecule has 30 heavy (non-hydrogen) atoms. The molecule has 8 nitrogen and oxygen atoms in total. The van der Waals surface area contributed by atoms with E-state index in [1.165, 1.54) is 0 Å². The predicted octanol–water partition coefficient (Wildman–Crippen LogP) is 1.82. The lowest BCUT2D eigenvalue weighted by Crippen LogP contribution is -2.44. The van der Waals surface area contributed by atoms with Gasteiger partial charge in [-0.05, 0) is 44.6 Å². The summed E-state index contributed by atoms with van der Waals surface area (Å²) in [6.07, 6.45) is 4.97. The molecule has 0 saturated carbocycles. The highest BCUT2D eigenvalue weighted by Crippen LogP contribution is 2.33. The van der Waals surface area contributed by atoms with Crippen LogP contribution in [-0.2, 0) is 22.6 Å². The second kappa shape index (κ2) is 8.88. The Morgan fingerprint density at radius 3 is 2.53 bits per heavy atom. The number of likely N-dealkylation sites (tertiary alicyclic amines) is 2. The molecular weight excluding hydrogens is 380 g/mol. The summed E-state index contributed by atoms with van der Waals surface area (Å²) in [6, 6.07) is 0.0581. The molecule has 4 rings (SSSR count). The quantitative estimate of drug-likeness (QED) is 0.809. The van der Waals surface area contributed by atoms with Crippen LogP contribution in [0.2, 0.25) is 0 Å². The van der Waals surface area contributed by atoms with Gasteiger partial charge in [0.1, 0.15) is 11.6 Å². The standard InChI is InChI=1S/C22H34N6O2/c1-15-6-10-26(11-7-15)20(30)14-28-9-4-5-19(28)22-24-18-13-27(16(2)29)12-8-17(18)21(23-3)25-22/h15,19H,4-14H2,1-3H3,(H,23,24,25)/t19-/m0/s1. The number of carbonyl (C=O) groups is 2. The largest absolute Gasteiger partial charge is 0.373 e. The number of hydrogen-bond acceptors (Lipinski definition) is 6. The van der Waals surface area contributed by atoms with Crippen LogP contribution in [0.3, 0.4) is 0 Å². The third-order valence-corrected chi connectivity index (χ3v) is 6.90. The molecule has 4 heterocycles. The Bertz CT molecular complexity index is 805. The van der Waals surface area contributed by atoms with Gasteiger partial charge in [-0.1, -0.05) is 6.92 Å². The van der Waals surface area contributed by atoms with Crippen LogP contribution < -0.4 is 5.32 Å². The fourth-order valence-electron chi connectivity index (χ4n) is 4.91. The lowest BCUT2D eigenvalue weighted by atomic mass is 9.99. The first-order chi connectivity index (χ1) is 14.5. The summed E-state index contributed by atoms with van der Waals surface area (Å²) in [5.74, 6) is 2.66. The fraction of sp³-hybridized carbons (Fsp3) is 0.727. The Balaban J connectivity index is 1.51. The molecule has 0 aliphatic carbocycles. The summed E-state index contributed by atoms with van der Waals surface area (Å²) >= 11 is 0. The average Bonchev–Trinajstić information content (AvgIpc) is 3.20. The Morgan fingerprint density at radius 2 is 1.83 bits per heavy atom. The summed E-state index contributed by atoms with van der Waals surface area (Å²) in [7, 11) is 1.89. The molecule has 1 N–H and O–H groups in total. The van der Waals surface area contributed by atoms with Crippen molar-refractivity contribution >= 4 is 17.6 Å². The van der Waals surface area contributed by atoms with Crippen LogP contribution in [0.15, 0.2) is 0 Å². The van der Waals surface area contributed by atoms with Gasteiger partial charge in [0.15, 0.2) is 0 Å². The first-order valence-electron chi connectivity index (χ1n) is 11.3. The first-order valence-corrected chi connectivity index (χ1v) is 11.3. The highest BCUT2D eigenvalue weighted by molar-refractivity contribution is 5.78. The molecule has 0 bridgehead atoms. The van der Waals surface area contributed by atoms with E-state index >= 15 is 0 Å². The maximum absolute atomic E-state index is 12.9. The van der Waals surface area contributed by atoms with Gasteiger partial charge in [-0.15, -0.1) is 0 Å². The Kier molecular flexibility index (Phi) is 6.22. The summed E-state index contributed by atoms with van der Waals surface area (Å²) < 4.78 is 0. The molecule has 2 saturated heterocycles. The van der Waals surface area contributed by atoms with E-state index in [0.717, 1.165) is 74.6 Å². The molecule has 1 atom stereocenters. The van der Waals surface area contributed by atoms with E-state index in [2.05, 4.69) is 17.1 Å². The first kappa shape index (κ1) is 21.0. The summed E-state index contributed by atoms with van der Waals surface area (Å²) in [4.78, 5) is 40.6. The summed E-state index contributed by atoms with van der Waals surface area (Å²) in [6.45, 7) is 8.20. The van der Waals surface area contributed by atoms with Crippen LogP contribution in [0.4, 0.5) is 5.82 Å². The molecule has 0 radical (unpaired) electrons. The minimum Gasteiger partial charge on any atom is -0.373 e. The van der Waals surface area contributed by atoms with Crippen LogP contribution in [0.25, 0.3) is 0 Å². The van der Waals surface area contributed by atoms with Crippen LogP contribution in [0.5, 0.6) is 0 Å². The molecule has 164 valence electrons. The van der Waals surface area contributed by atoms with E-state index in [4.69, 9.17) is 9.97 Å². The van der Waals surface area contributed by atoms with Crippen molar-refractivity contribution in [1.29, 1.82) is 0 Å². The molecule has 3 aliphatic heterocycles. The molecular formula is C22H34N6O2. The van der Waals surface area contributed by atoms with Gasteiger partial charge in [0.05, 0.1) is 24.8 Å². The van der Waals surface area contributed by atoms with E-state index in [0.29, 0.717) is 25.6 Å². The molecule has 1 aromatic rings. The van der Waals surface area contributed by atoms with Crippen molar-refractivity contribution in [2.45, 2.75) is 58.5 Å². The van der Waals surface area contributed by atoms with Crippen LogP contribution >= 0.6 is 0 Å². The van der Waals surface area contributed by atoms with E-state index in [9.17, 15) is 9.59 Å². The number of nitrogens with zero attached hydrogens (tertiary/aromatic N) is 5. The lowest BCUT2D eigenvalue weighted by Gasteiger charge is -2.33. The number of piperidine rings is 1. The van der Waals surface area contributed by atoms with Gasteiger partial charge in [0.25, 0.3) is 0 Å². The third kappa shape index (κ3) is 4.29. The smallest absolute Gasteiger partial charge is 0.236 e. The Morgan fingerprint density at radius 1 is 1.07 bits per heavy atom. The zero-order chi connectivity index (χ0) is 21.3. The fourth-order valence-corrected chi connectivity index (χ4v) is 4.91. The average molecular weight is 415 g/mol. The van der Waals surface area contributed by atoms with E-state index in [1.54, 1.807) is 6.92 Å². The van der Waals surface area contributed by atoms with Crippen molar-refractivity contribution in [2.24, 2.45) is 5.92 Å². The van der Waals surface area contributed by atoms with Crippen molar-refractivity contribution in [3.05, 3.63) is 17.1 Å². The van der Waals surface area contributed by atoms with Crippen LogP contribution in [-0.4, -0.2) is 76.3 Å². The zero-order valence-electron chi connectivity index (χ0n) is 18.5. The van der Waals surface area contributed by atoms with Gasteiger partial charge in [0.2, 0.25) is 11.8 Å². The van der Waals surface area contributed by atoms with Crippen LogP contribution in [0.1, 0.15) is 62.7 Å². The number of rotatable bonds is 4. The highest BCUT2D eigenvalue weighted by atomic mass is 16.2. The van der Waals surface area contributed by atoms with Crippen molar-refractivity contribution in [3.63, 3.8) is 0 Å². The second-order valence-electron chi connectivity index (χ2n) is 8.99. The zero-order valence-corrected chi connectivity index (χ0v) is 18.5. The number of fused-ring (bicyclic) bond motifs is 1. The van der Waals surface area contributed by atoms with E-state index < -0.39 is 0 Å². The minimum absolute atomic E-state index is 0.0581. The van der Waals surface area contributed by atoms with Crippen molar-refractivity contribution in [1.82, 2.24) is 24.7 Å². The number of amides is 2. The van der Waals surface area contributed by atoms with Gasteiger partial charge in [-0.25, -0.2) is 9.97 Å². The summed E-state index contributed by atoms with van der Waals surface area (Å²) in [5, 5.41) is 3.23. The van der Waals surface area contributed by atoms with Crippen molar-refractivity contribution in [2.75, 3.05) is 45.1 Å². The molecule has 1 aromatic heterocycles. The predicted molar refractivity (Wildman–Crippen MR) is 115 cm³/mol. The van der Waals surface area contributed by atoms with Gasteiger partial charge in [0, 0.05) is 39.2 Å². The van der Waals surface area contributed by atoms with Gasteiger partial charge in [-0.2, -0.15) is 0 Å². The van der Waals surface area contributed by atoms with Gasteiger partial charge >= 0.3 is 0 Å². The minimum atomic E-state index is 0.0581. The number of aromatic nitrogens is 2. The molecule has 2 fully saturated rings. The SMILES string of the molecule is CNc1nc([C@@H]2CCCN2CC(=O)N2CCC(C)CC2)nc2c1CCN(C(C)=O)C2. The second-order valence-corrected chi connectivity index (χ2v) is 8.99. The monoisotopic (exact) mass is 414 g/mol. The van der Waals surface area contributed by atoms with Crippen molar-refractivity contribution in [3.8, 4) is 0 Å². The third-order valence-electron chi connectivity index (χ3n) is 6.90. The summed E-state index contributed by atoms with van der Waals surface area (Å²) in [5.41, 5.74) is 2.05. The maximum atomic E-state index is 12.9. The molecule has 8 heteroatoms. The number of hydrogen-bond donors (Lipinski definition) is 1. The molecule has 0 aromatic carbocycles. The van der Waals surface area contributed by atoms with Crippen molar-refractivity contribution < 1.29 is 9.59 Å². The molecule has 0 unspecified atom stereocenters. The van der Waals surface area contributed by atoms with Crippen LogP contribution in [0, 0.1) is 5.92 Å². The lowest BCUT2D eigenvalue weighted by molar-refractivity contribution is -0.134. The van der Waals surface area contributed by atoms with E-state index in [-0.39, 0.29) is 17.9 Å². The maximum Gasteiger partial charge on any atom is 0.236 e. The number of carbonyl (C=O) groups excluding carboxylic acids is 2. The number of anilines is 1. The normalized spacial score (nSPS) is 22.8. The Hall–Kier alpha value is -2.22. The topological polar surface area (TPSA) is 81.7 Å². The van der Waals surface area contributed by atoms with E-state index in [1.807, 2.05) is 16.8 Å². The molecule has 2 amide bonds. The molecule has 3 aliphatic rings. The Labute approximate surface area is 179 Å². The highest BCUT2D eigenvalue weighted by Gasteiger charge is 2.33. The van der Waals surface area contributed by atoms with Gasteiger partial charge in [-0.3, -0.25) is 14.5 Å². The number of nitrogens with one attached hydrogen (secondary N) is 1. The molecule has 0 spiro atoms.